The van der Waals surface area contributed by atoms with Gasteiger partial charge >= 0.3 is 30.0 Å². The molecule has 95 heavy (non-hydrogen) atoms. The fourth-order valence-electron chi connectivity index (χ4n) is 10.7. The highest BCUT2D eigenvalue weighted by Crippen LogP contribution is 2.42. The van der Waals surface area contributed by atoms with Gasteiger partial charge < -0.3 is 92.4 Å². The molecule has 0 spiro atoms. The normalized spacial score (nSPS) is 18.9. The van der Waals surface area contributed by atoms with Crippen molar-refractivity contribution in [2.75, 3.05) is 77.1 Å². The van der Waals surface area contributed by atoms with E-state index in [2.05, 4.69) is 37.7 Å². The summed E-state index contributed by atoms with van der Waals surface area (Å²) in [6, 6.07) is 8.64. The molecular formula is C61H73N11O23. The van der Waals surface area contributed by atoms with Crippen LogP contribution in [-0.4, -0.2) is 208 Å². The number of rotatable bonds is 29. The van der Waals surface area contributed by atoms with Crippen molar-refractivity contribution in [3.8, 4) is 17.2 Å². The van der Waals surface area contributed by atoms with Crippen LogP contribution in [0.5, 0.6) is 17.2 Å². The number of carbonyl (C=O) groups is 10. The number of anilines is 2. The second-order valence-corrected chi connectivity index (χ2v) is 21.8. The fourth-order valence-corrected chi connectivity index (χ4v) is 10.7. The molecule has 510 valence electrons. The lowest BCUT2D eigenvalue weighted by Gasteiger charge is -2.43. The summed E-state index contributed by atoms with van der Waals surface area (Å²) in [5.74, 6) is -1.81. The molecule has 0 radical (unpaired) electrons. The number of nitrogens with zero attached hydrogens (tertiary/aromatic N) is 7. The number of benzene rings is 2. The van der Waals surface area contributed by atoms with Crippen LogP contribution in [0.2, 0.25) is 0 Å². The van der Waals surface area contributed by atoms with Gasteiger partial charge in [0.25, 0.3) is 23.6 Å². The van der Waals surface area contributed by atoms with Crippen LogP contribution < -0.4 is 41.0 Å². The van der Waals surface area contributed by atoms with Gasteiger partial charge in [-0.2, -0.15) is 0 Å². The summed E-state index contributed by atoms with van der Waals surface area (Å²) >= 11 is 0. The second-order valence-electron chi connectivity index (χ2n) is 21.8. The van der Waals surface area contributed by atoms with Crippen LogP contribution in [0.15, 0.2) is 73.2 Å². The molecule has 34 heteroatoms. The minimum atomic E-state index is -1.89. The number of esters is 4. The topological polar surface area (TPSA) is 422 Å². The zero-order valence-corrected chi connectivity index (χ0v) is 52.9. The molecule has 0 aliphatic carbocycles. The van der Waals surface area contributed by atoms with Crippen LogP contribution in [0.4, 0.5) is 16.2 Å². The Bertz CT molecular complexity index is 3710. The molecule has 8 rings (SSSR count). The zero-order chi connectivity index (χ0) is 68.8. The largest absolute Gasteiger partial charge is 0.493 e. The maximum atomic E-state index is 14.7. The molecule has 5 aromatic rings. The average Bonchev–Trinajstić information content (AvgIpc) is 1.69. The number of carbonyl (C=O) groups excluding carboxylic acids is 10. The van der Waals surface area contributed by atoms with E-state index < -0.39 is 97.3 Å². The lowest BCUT2D eigenvalue weighted by molar-refractivity contribution is -0.282. The van der Waals surface area contributed by atoms with Crippen molar-refractivity contribution in [3.05, 3.63) is 113 Å². The highest BCUT2D eigenvalue weighted by atomic mass is 16.7. The molecular weight excluding hydrogens is 1250 g/mol. The molecule has 7 N–H and O–H groups in total. The Kier molecular flexibility index (Phi) is 23.8. The van der Waals surface area contributed by atoms with E-state index in [0.29, 0.717) is 28.9 Å². The minimum absolute atomic E-state index is 0.00305. The van der Waals surface area contributed by atoms with Gasteiger partial charge in [0.15, 0.2) is 47.5 Å². The number of hydrogen-bond donors (Lipinski definition) is 6. The van der Waals surface area contributed by atoms with Crippen molar-refractivity contribution in [1.29, 1.82) is 0 Å². The molecule has 34 nitrogen and oxygen atoms in total. The molecule has 6 heterocycles. The lowest BCUT2D eigenvalue weighted by atomic mass is 9.97. The number of aliphatic hydroxyl groups is 2. The Morgan fingerprint density at radius 1 is 0.779 bits per heavy atom. The smallest absolute Gasteiger partial charge is 0.416 e. The van der Waals surface area contributed by atoms with Gasteiger partial charge in [0, 0.05) is 86.0 Å². The van der Waals surface area contributed by atoms with Crippen molar-refractivity contribution < 1.29 is 110 Å². The van der Waals surface area contributed by atoms with Crippen LogP contribution in [0.25, 0.3) is 0 Å². The molecule has 0 bridgehead atoms. The van der Waals surface area contributed by atoms with E-state index in [1.165, 1.54) is 59.3 Å². The molecule has 7 atom stereocenters. The highest BCUT2D eigenvalue weighted by molar-refractivity contribution is 6.07. The third-order valence-electron chi connectivity index (χ3n) is 14.9. The number of ketones is 1. The third-order valence-corrected chi connectivity index (χ3v) is 14.9. The summed E-state index contributed by atoms with van der Waals surface area (Å²) in [4.78, 5) is 140. The van der Waals surface area contributed by atoms with Gasteiger partial charge in [-0.05, 0) is 54.3 Å². The van der Waals surface area contributed by atoms with Gasteiger partial charge in [-0.15, -0.1) is 5.10 Å². The summed E-state index contributed by atoms with van der Waals surface area (Å²) in [5.41, 5.74) is 1.63. The second kappa shape index (κ2) is 32.1. The number of nitrogens with two attached hydrogens (primary N) is 1. The van der Waals surface area contributed by atoms with E-state index in [-0.39, 0.29) is 135 Å². The Labute approximate surface area is 542 Å². The number of nitrogens with one attached hydrogen (secondary N) is 3. The van der Waals surface area contributed by atoms with Gasteiger partial charge in [0.2, 0.25) is 12.4 Å². The van der Waals surface area contributed by atoms with Gasteiger partial charge in [0.05, 0.1) is 81.0 Å². The summed E-state index contributed by atoms with van der Waals surface area (Å²) in [7, 11) is 5.65. The molecule has 0 saturated carbocycles. The van der Waals surface area contributed by atoms with Crippen molar-refractivity contribution in [2.24, 2.45) is 20.0 Å². The van der Waals surface area contributed by atoms with Crippen molar-refractivity contribution in [1.82, 2.24) is 39.7 Å². The highest BCUT2D eigenvalue weighted by Gasteiger charge is 2.56. The van der Waals surface area contributed by atoms with E-state index in [9.17, 15) is 53.1 Å². The van der Waals surface area contributed by atoms with Crippen molar-refractivity contribution in [3.63, 3.8) is 0 Å². The first-order valence-electron chi connectivity index (χ1n) is 29.6. The standard InChI is InChI=1S/C61H73N11O23/c1-32-20-45-58(82)72(61(84)89-31-36-10-11-47(40(21-36)54(78)64-13-16-87-18-19-90-62)94-60-53(93-35(4)76)51(92-34(3)75)50(91-33(2)74)52(95-60)59(83)86-8)42-26-49(48(85-7)25-39(42)57(81)71(45)27-32)88-17-14-70-30-41(66-67-70)55(79)65-38-24-43(69(6)29-38)46(77)23-37-22-44(68(5)28-37)56(80)63-12-9-15-73/h10-11,21-22,24-26,28-30,45,50-53,58,60,73,82H,1,9,12-20,23,27,31,62H2,2-8H3,(H,63,80)(H,64,78)(H,65,79)/t45-,50-,51-,52-,53+,58?,60+/m0/s1. The number of fused-ring (bicyclic) bond motifs is 2. The minimum Gasteiger partial charge on any atom is -0.493 e. The number of methoxy groups -OCH3 is 2. The van der Waals surface area contributed by atoms with Gasteiger partial charge in [-0.1, -0.05) is 23.4 Å². The maximum Gasteiger partial charge on any atom is 0.416 e. The van der Waals surface area contributed by atoms with E-state index in [1.807, 2.05) is 0 Å². The third kappa shape index (κ3) is 17.3. The summed E-state index contributed by atoms with van der Waals surface area (Å²) in [6.45, 7) is 6.55. The van der Waals surface area contributed by atoms with Crippen molar-refractivity contribution >= 4 is 70.8 Å². The number of aromatic nitrogens is 5. The SMILES string of the molecule is C=C1C[C@H]2C(O)N(C(=O)OCc3ccc(O[C@@H]4O[C@H](C(=O)OC)[C@@H](OC(C)=O)[C@H](OC(C)=O)[C@H]4OC(C)=O)c(C(=O)NCCOCCON)c3)c3cc(OCCn4cc(C(=O)Nc5cc(C(=O)Cc6cc(C(=O)NCCCO)n(C)c6)n(C)c5)nn4)c(OC)cc3C(=O)N2C1. The van der Waals surface area contributed by atoms with E-state index >= 15 is 0 Å². The molecule has 1 unspecified atom stereocenters. The average molecular weight is 1330 g/mol. The monoisotopic (exact) mass is 1330 g/mol. The van der Waals surface area contributed by atoms with Crippen LogP contribution in [0.3, 0.4) is 0 Å². The molecule has 3 aromatic heterocycles. The number of Topliss-reactive ketones (excluding diaryl/α,β-unsaturated/α-hetero) is 1. The van der Waals surface area contributed by atoms with E-state index in [1.54, 1.807) is 41.7 Å². The first kappa shape index (κ1) is 70.6. The number of hydrogen-bond acceptors (Lipinski definition) is 26. The van der Waals surface area contributed by atoms with Crippen LogP contribution in [-0.2, 0) is 90.8 Å². The Hall–Kier alpha value is -10.3. The van der Waals surface area contributed by atoms with E-state index in [0.717, 1.165) is 32.8 Å². The van der Waals surface area contributed by atoms with Crippen LogP contribution in [0.1, 0.15) is 96.9 Å². The van der Waals surface area contributed by atoms with Crippen LogP contribution in [0, 0.1) is 0 Å². The Balaban J connectivity index is 0.994. The quantitative estimate of drug-likeness (QED) is 0.00962. The molecule has 3 aliphatic heterocycles. The van der Waals surface area contributed by atoms with Gasteiger partial charge in [-0.25, -0.2) is 25.1 Å². The molecule has 2 fully saturated rings. The Morgan fingerprint density at radius 2 is 1.49 bits per heavy atom. The van der Waals surface area contributed by atoms with Gasteiger partial charge in [-0.3, -0.25) is 38.4 Å². The summed E-state index contributed by atoms with van der Waals surface area (Å²) < 4.78 is 61.0. The number of ether oxygens (including phenoxy) is 10. The lowest BCUT2D eigenvalue weighted by Crippen LogP contribution is -2.64. The zero-order valence-electron chi connectivity index (χ0n) is 52.9. The van der Waals surface area contributed by atoms with E-state index in [4.69, 9.17) is 58.4 Å². The molecule has 2 saturated heterocycles. The number of amides is 5. The number of aliphatic hydroxyl groups excluding tert-OH is 2. The van der Waals surface area contributed by atoms with Crippen molar-refractivity contribution in [2.45, 2.75) is 96.2 Å². The predicted molar refractivity (Wildman–Crippen MR) is 324 cm³/mol. The predicted octanol–water partition coefficient (Wildman–Crippen LogP) is 0.787. The fraction of sp³-hybridized carbons (Fsp3) is 0.443. The number of aryl methyl sites for hydroxylation is 2. The summed E-state index contributed by atoms with van der Waals surface area (Å²) in [5, 5.41) is 37.3. The Morgan fingerprint density at radius 3 is 2.20 bits per heavy atom. The first-order chi connectivity index (χ1) is 45.4. The van der Waals surface area contributed by atoms with Crippen LogP contribution >= 0.6 is 0 Å². The van der Waals surface area contributed by atoms with Gasteiger partial charge in [0.1, 0.15) is 24.7 Å². The first-order valence-corrected chi connectivity index (χ1v) is 29.6. The molecule has 5 amide bonds. The molecule has 2 aromatic carbocycles. The maximum absolute atomic E-state index is 14.7. The molecule has 3 aliphatic rings. The summed E-state index contributed by atoms with van der Waals surface area (Å²) in [6.07, 6.45) is -6.86.